The van der Waals surface area contributed by atoms with Crippen molar-refractivity contribution in [3.63, 3.8) is 0 Å². The summed E-state index contributed by atoms with van der Waals surface area (Å²) < 4.78 is 5.02. The van der Waals surface area contributed by atoms with Gasteiger partial charge in [0.05, 0.1) is 17.7 Å². The number of aryl methyl sites for hydroxylation is 1. The molecule has 1 saturated heterocycles. The molecule has 1 aliphatic rings. The first kappa shape index (κ1) is 17.1. The van der Waals surface area contributed by atoms with E-state index in [1.165, 1.54) is 24.4 Å². The van der Waals surface area contributed by atoms with Crippen LogP contribution in [0.3, 0.4) is 0 Å². The maximum absolute atomic E-state index is 12.1. The number of carbonyl (C=O) groups is 1. The Morgan fingerprint density at radius 2 is 2.00 bits per heavy atom. The minimum Gasteiger partial charge on any atom is -0.504 e. The molecule has 0 radical (unpaired) electrons. The van der Waals surface area contributed by atoms with Crippen LogP contribution in [0.2, 0.25) is 0 Å². The molecule has 0 aliphatic carbocycles. The van der Waals surface area contributed by atoms with Crippen LogP contribution in [-0.4, -0.2) is 23.3 Å². The van der Waals surface area contributed by atoms with Gasteiger partial charge in [-0.15, -0.1) is 0 Å². The number of phenols is 1. The molecule has 1 heterocycles. The van der Waals surface area contributed by atoms with Crippen molar-refractivity contribution in [1.29, 1.82) is 0 Å². The third kappa shape index (κ3) is 4.03. The lowest BCUT2D eigenvalue weighted by atomic mass is 10.2. The van der Waals surface area contributed by atoms with Gasteiger partial charge in [0.2, 0.25) is 0 Å². The van der Waals surface area contributed by atoms with Crippen LogP contribution < -0.4 is 10.1 Å². The number of benzene rings is 2. The number of amidine groups is 1. The number of aromatic hydroxyl groups is 1. The lowest BCUT2D eigenvalue weighted by molar-refractivity contribution is -0.115. The number of ether oxygens (including phenoxy) is 1. The second-order valence-corrected chi connectivity index (χ2v) is 6.46. The Hall–Kier alpha value is -2.73. The zero-order valence-electron chi connectivity index (χ0n) is 13.9. The Kier molecular flexibility index (Phi) is 5.09. The zero-order chi connectivity index (χ0) is 17.8. The van der Waals surface area contributed by atoms with Crippen molar-refractivity contribution >= 4 is 34.6 Å². The predicted octanol–water partition coefficient (Wildman–Crippen LogP) is 3.85. The van der Waals surface area contributed by atoms with Crippen LogP contribution in [0.25, 0.3) is 6.08 Å². The summed E-state index contributed by atoms with van der Waals surface area (Å²) >= 11 is 1.27. The van der Waals surface area contributed by atoms with Crippen LogP contribution in [0.5, 0.6) is 11.5 Å². The predicted molar refractivity (Wildman–Crippen MR) is 101 cm³/mol. The Labute approximate surface area is 150 Å². The van der Waals surface area contributed by atoms with Crippen LogP contribution in [0, 0.1) is 0 Å². The van der Waals surface area contributed by atoms with Gasteiger partial charge in [-0.2, -0.15) is 0 Å². The van der Waals surface area contributed by atoms with E-state index >= 15 is 0 Å². The molecule has 2 aromatic carbocycles. The lowest BCUT2D eigenvalue weighted by Crippen LogP contribution is -2.19. The minimum absolute atomic E-state index is 0.0326. The topological polar surface area (TPSA) is 70.9 Å². The van der Waals surface area contributed by atoms with Gasteiger partial charge in [0.15, 0.2) is 16.7 Å². The van der Waals surface area contributed by atoms with Crippen LogP contribution in [0.15, 0.2) is 52.4 Å². The van der Waals surface area contributed by atoms with E-state index in [1.54, 1.807) is 24.3 Å². The average Bonchev–Trinajstić information content (AvgIpc) is 2.95. The Morgan fingerprint density at radius 1 is 1.24 bits per heavy atom. The molecule has 0 aromatic heterocycles. The molecule has 1 aliphatic heterocycles. The number of phenolic OH excluding ortho intramolecular Hbond substituents is 1. The van der Waals surface area contributed by atoms with Crippen molar-refractivity contribution in [2.45, 2.75) is 13.3 Å². The molecule has 0 atom stereocenters. The summed E-state index contributed by atoms with van der Waals surface area (Å²) in [5.74, 6) is 0.220. The van der Waals surface area contributed by atoms with Gasteiger partial charge < -0.3 is 15.2 Å². The number of amides is 1. The fourth-order valence-electron chi connectivity index (χ4n) is 2.35. The SMILES string of the molecule is CCc1ccc(N=C2NC(=O)C(=Cc3ccc(OC)c(O)c3)S2)cc1. The molecule has 2 aromatic rings. The van der Waals surface area contributed by atoms with Crippen molar-refractivity contribution in [3.05, 3.63) is 58.5 Å². The number of rotatable bonds is 4. The Bertz CT molecular complexity index is 857. The minimum atomic E-state index is -0.204. The number of nitrogens with one attached hydrogen (secondary N) is 1. The molecule has 0 spiro atoms. The van der Waals surface area contributed by atoms with Crippen LogP contribution in [0.1, 0.15) is 18.1 Å². The number of hydrogen-bond acceptors (Lipinski definition) is 5. The maximum atomic E-state index is 12.1. The molecule has 1 fully saturated rings. The number of hydrogen-bond donors (Lipinski definition) is 2. The first-order chi connectivity index (χ1) is 12.1. The van der Waals surface area contributed by atoms with Crippen molar-refractivity contribution < 1.29 is 14.6 Å². The second-order valence-electron chi connectivity index (χ2n) is 5.43. The number of aliphatic imine (C=N–C) groups is 1. The fourth-order valence-corrected chi connectivity index (χ4v) is 3.19. The first-order valence-electron chi connectivity index (χ1n) is 7.84. The Balaban J connectivity index is 1.79. The summed E-state index contributed by atoms with van der Waals surface area (Å²) in [5.41, 5.74) is 2.75. The summed E-state index contributed by atoms with van der Waals surface area (Å²) in [6.45, 7) is 2.10. The molecule has 5 nitrogen and oxygen atoms in total. The smallest absolute Gasteiger partial charge is 0.264 e. The van der Waals surface area contributed by atoms with Gasteiger partial charge >= 0.3 is 0 Å². The van der Waals surface area contributed by atoms with E-state index in [2.05, 4.69) is 17.2 Å². The highest BCUT2D eigenvalue weighted by Gasteiger charge is 2.23. The van der Waals surface area contributed by atoms with Gasteiger partial charge in [0, 0.05) is 0 Å². The van der Waals surface area contributed by atoms with Crippen LogP contribution >= 0.6 is 11.8 Å². The third-order valence-electron chi connectivity index (χ3n) is 3.73. The third-order valence-corrected chi connectivity index (χ3v) is 4.64. The standard InChI is InChI=1S/C19H18N2O3S/c1-3-12-4-7-14(8-5-12)20-19-21-18(23)17(25-19)11-13-6-9-16(24-2)15(22)10-13/h4-11,22H,3H2,1-2H3,(H,20,21,23). The van der Waals surface area contributed by atoms with Crippen molar-refractivity contribution in [3.8, 4) is 11.5 Å². The quantitative estimate of drug-likeness (QED) is 0.818. The lowest BCUT2D eigenvalue weighted by Gasteiger charge is -2.03. The molecular formula is C19H18N2O3S. The normalized spacial score (nSPS) is 17.1. The molecular weight excluding hydrogens is 336 g/mol. The van der Waals surface area contributed by atoms with E-state index in [0.29, 0.717) is 21.4 Å². The van der Waals surface area contributed by atoms with E-state index in [1.807, 2.05) is 24.3 Å². The van der Waals surface area contributed by atoms with E-state index in [4.69, 9.17) is 4.74 Å². The molecule has 0 unspecified atom stereocenters. The highest BCUT2D eigenvalue weighted by Crippen LogP contribution is 2.31. The molecule has 128 valence electrons. The zero-order valence-corrected chi connectivity index (χ0v) is 14.8. The van der Waals surface area contributed by atoms with Crippen molar-refractivity contribution in [1.82, 2.24) is 5.32 Å². The van der Waals surface area contributed by atoms with Gasteiger partial charge in [-0.25, -0.2) is 4.99 Å². The number of carbonyl (C=O) groups excluding carboxylic acids is 1. The van der Waals surface area contributed by atoms with Crippen molar-refractivity contribution in [2.24, 2.45) is 4.99 Å². The number of nitrogens with zero attached hydrogens (tertiary/aromatic N) is 1. The molecule has 0 bridgehead atoms. The fraction of sp³-hybridized carbons (Fsp3) is 0.158. The number of methoxy groups -OCH3 is 1. The average molecular weight is 354 g/mol. The first-order valence-corrected chi connectivity index (χ1v) is 8.66. The summed E-state index contributed by atoms with van der Waals surface area (Å²) in [5, 5.41) is 13.1. The van der Waals surface area contributed by atoms with Gasteiger partial charge in [0.25, 0.3) is 5.91 Å². The van der Waals surface area contributed by atoms with Crippen molar-refractivity contribution in [2.75, 3.05) is 7.11 Å². The van der Waals surface area contributed by atoms with E-state index in [9.17, 15) is 9.90 Å². The number of thioether (sulfide) groups is 1. The summed E-state index contributed by atoms with van der Waals surface area (Å²) in [6.07, 6.45) is 2.69. The molecule has 25 heavy (non-hydrogen) atoms. The van der Waals surface area contributed by atoms with Gasteiger partial charge in [0.1, 0.15) is 0 Å². The highest BCUT2D eigenvalue weighted by atomic mass is 32.2. The van der Waals surface area contributed by atoms with Crippen LogP contribution in [0.4, 0.5) is 5.69 Å². The molecule has 0 saturated carbocycles. The largest absolute Gasteiger partial charge is 0.504 e. The van der Waals surface area contributed by atoms with Crippen LogP contribution in [-0.2, 0) is 11.2 Å². The summed E-state index contributed by atoms with van der Waals surface area (Å²) in [4.78, 5) is 17.1. The van der Waals surface area contributed by atoms with Gasteiger partial charge in [-0.3, -0.25) is 4.79 Å². The van der Waals surface area contributed by atoms with E-state index in [0.717, 1.165) is 12.1 Å². The molecule has 3 rings (SSSR count). The summed E-state index contributed by atoms with van der Waals surface area (Å²) in [7, 11) is 1.49. The molecule has 2 N–H and O–H groups in total. The summed E-state index contributed by atoms with van der Waals surface area (Å²) in [6, 6.07) is 12.9. The second kappa shape index (κ2) is 7.44. The molecule has 1 amide bonds. The maximum Gasteiger partial charge on any atom is 0.264 e. The monoisotopic (exact) mass is 354 g/mol. The Morgan fingerprint density at radius 3 is 2.64 bits per heavy atom. The van der Waals surface area contributed by atoms with E-state index in [-0.39, 0.29) is 11.7 Å². The van der Waals surface area contributed by atoms with E-state index < -0.39 is 0 Å². The van der Waals surface area contributed by atoms with Gasteiger partial charge in [-0.05, 0) is 59.7 Å². The van der Waals surface area contributed by atoms with Gasteiger partial charge in [-0.1, -0.05) is 25.1 Å². The highest BCUT2D eigenvalue weighted by molar-refractivity contribution is 8.18. The molecule has 6 heteroatoms.